The van der Waals surface area contributed by atoms with Gasteiger partial charge in [-0.15, -0.1) is 6.58 Å². The van der Waals surface area contributed by atoms with Gasteiger partial charge < -0.3 is 13.6 Å². The lowest BCUT2D eigenvalue weighted by Crippen LogP contribution is -1.93. The number of hydrogen-bond acceptors (Lipinski definition) is 3. The second-order valence-corrected chi connectivity index (χ2v) is 3.06. The summed E-state index contributed by atoms with van der Waals surface area (Å²) in [6, 6.07) is 0. The van der Waals surface area contributed by atoms with Crippen molar-refractivity contribution in [3.63, 3.8) is 0 Å². The van der Waals surface area contributed by atoms with E-state index >= 15 is 0 Å². The van der Waals surface area contributed by atoms with Gasteiger partial charge >= 0.3 is 8.60 Å². The van der Waals surface area contributed by atoms with Gasteiger partial charge in [0.1, 0.15) is 0 Å². The SMILES string of the molecule is C=CCCOP(OC)OCC. The van der Waals surface area contributed by atoms with Crippen molar-refractivity contribution in [1.29, 1.82) is 0 Å². The Labute approximate surface area is 69.3 Å². The Bertz CT molecular complexity index is 97.7. The molecule has 1 atom stereocenters. The van der Waals surface area contributed by atoms with Crippen molar-refractivity contribution in [2.75, 3.05) is 20.3 Å². The van der Waals surface area contributed by atoms with Crippen LogP contribution in [0, 0.1) is 0 Å². The molecule has 0 aliphatic rings. The predicted molar refractivity (Wildman–Crippen MR) is 46.3 cm³/mol. The molecule has 0 saturated carbocycles. The zero-order chi connectivity index (χ0) is 8.53. The van der Waals surface area contributed by atoms with Gasteiger partial charge in [-0.25, -0.2) is 0 Å². The summed E-state index contributed by atoms with van der Waals surface area (Å²) in [5, 5.41) is 0. The van der Waals surface area contributed by atoms with E-state index in [9.17, 15) is 0 Å². The molecule has 0 amide bonds. The fourth-order valence-corrected chi connectivity index (χ4v) is 1.21. The van der Waals surface area contributed by atoms with E-state index in [1.54, 1.807) is 13.2 Å². The molecule has 0 aliphatic carbocycles. The zero-order valence-electron chi connectivity index (χ0n) is 7.08. The lowest BCUT2D eigenvalue weighted by Gasteiger charge is -2.11. The van der Waals surface area contributed by atoms with Crippen LogP contribution in [0.15, 0.2) is 12.7 Å². The average Bonchev–Trinajstić information content (AvgIpc) is 2.03. The van der Waals surface area contributed by atoms with Gasteiger partial charge in [0.25, 0.3) is 0 Å². The van der Waals surface area contributed by atoms with Crippen LogP contribution in [-0.2, 0) is 13.6 Å². The summed E-state index contributed by atoms with van der Waals surface area (Å²) in [4.78, 5) is 0. The van der Waals surface area contributed by atoms with Crippen molar-refractivity contribution in [3.8, 4) is 0 Å². The summed E-state index contributed by atoms with van der Waals surface area (Å²) in [5.41, 5.74) is 0. The first kappa shape index (κ1) is 11.1. The van der Waals surface area contributed by atoms with Crippen LogP contribution in [0.3, 0.4) is 0 Å². The largest absolute Gasteiger partial charge is 0.332 e. The molecular formula is C7H15O3P. The van der Waals surface area contributed by atoms with Gasteiger partial charge in [0.05, 0.1) is 13.2 Å². The Morgan fingerprint density at radius 2 is 2.18 bits per heavy atom. The molecule has 3 nitrogen and oxygen atoms in total. The molecule has 0 fully saturated rings. The van der Waals surface area contributed by atoms with Crippen LogP contribution >= 0.6 is 8.60 Å². The minimum Gasteiger partial charge on any atom is -0.316 e. The Morgan fingerprint density at radius 3 is 2.64 bits per heavy atom. The molecule has 0 aromatic carbocycles. The topological polar surface area (TPSA) is 27.7 Å². The molecule has 1 unspecified atom stereocenters. The van der Waals surface area contributed by atoms with E-state index in [0.29, 0.717) is 13.2 Å². The van der Waals surface area contributed by atoms with Gasteiger partial charge in [0.15, 0.2) is 0 Å². The van der Waals surface area contributed by atoms with Crippen molar-refractivity contribution in [2.24, 2.45) is 0 Å². The van der Waals surface area contributed by atoms with Gasteiger partial charge in [-0.05, 0) is 13.3 Å². The molecule has 0 bridgehead atoms. The lowest BCUT2D eigenvalue weighted by molar-refractivity contribution is 0.189. The third-order valence-corrected chi connectivity index (χ3v) is 2.06. The van der Waals surface area contributed by atoms with E-state index in [1.165, 1.54) is 0 Å². The van der Waals surface area contributed by atoms with Crippen LogP contribution in [0.4, 0.5) is 0 Å². The third kappa shape index (κ3) is 6.45. The molecule has 0 aliphatic heterocycles. The molecule has 66 valence electrons. The van der Waals surface area contributed by atoms with E-state index in [4.69, 9.17) is 13.6 Å². The summed E-state index contributed by atoms with van der Waals surface area (Å²) < 4.78 is 15.3. The van der Waals surface area contributed by atoms with Crippen LogP contribution < -0.4 is 0 Å². The minimum absolute atomic E-state index is 0.614. The van der Waals surface area contributed by atoms with E-state index in [1.807, 2.05) is 6.92 Å². The molecule has 0 N–H and O–H groups in total. The number of rotatable bonds is 7. The average molecular weight is 178 g/mol. The highest BCUT2D eigenvalue weighted by molar-refractivity contribution is 7.41. The Morgan fingerprint density at radius 1 is 1.45 bits per heavy atom. The molecule has 0 aromatic rings. The van der Waals surface area contributed by atoms with Gasteiger partial charge in [0.2, 0.25) is 0 Å². The first-order valence-electron chi connectivity index (χ1n) is 3.56. The number of hydrogen-bond donors (Lipinski definition) is 0. The van der Waals surface area contributed by atoms with Crippen molar-refractivity contribution in [3.05, 3.63) is 12.7 Å². The van der Waals surface area contributed by atoms with Crippen LogP contribution in [-0.4, -0.2) is 20.3 Å². The molecule has 0 radical (unpaired) electrons. The van der Waals surface area contributed by atoms with Gasteiger partial charge in [0, 0.05) is 7.11 Å². The Kier molecular flexibility index (Phi) is 8.19. The first-order valence-corrected chi connectivity index (χ1v) is 4.65. The minimum atomic E-state index is -1.12. The highest BCUT2D eigenvalue weighted by Gasteiger charge is 2.06. The van der Waals surface area contributed by atoms with Gasteiger partial charge in [-0.3, -0.25) is 0 Å². The maximum atomic E-state index is 5.22. The van der Waals surface area contributed by atoms with E-state index < -0.39 is 8.60 Å². The molecule has 0 saturated heterocycles. The smallest absolute Gasteiger partial charge is 0.316 e. The molecule has 4 heteroatoms. The highest BCUT2D eigenvalue weighted by Crippen LogP contribution is 2.38. The molecule has 0 spiro atoms. The first-order chi connectivity index (χ1) is 5.35. The van der Waals surface area contributed by atoms with Crippen molar-refractivity contribution >= 4 is 8.60 Å². The zero-order valence-corrected chi connectivity index (χ0v) is 7.97. The summed E-state index contributed by atoms with van der Waals surface area (Å²) in [6.45, 7) is 6.72. The Balaban J connectivity index is 3.27. The highest BCUT2D eigenvalue weighted by atomic mass is 31.2. The van der Waals surface area contributed by atoms with Gasteiger partial charge in [-0.1, -0.05) is 6.08 Å². The summed E-state index contributed by atoms with van der Waals surface area (Å²) in [6.07, 6.45) is 2.63. The quantitative estimate of drug-likeness (QED) is 0.340. The predicted octanol–water partition coefficient (Wildman–Crippen LogP) is 2.49. The van der Waals surface area contributed by atoms with Crippen LogP contribution in [0.2, 0.25) is 0 Å². The van der Waals surface area contributed by atoms with E-state index in [2.05, 4.69) is 6.58 Å². The van der Waals surface area contributed by atoms with E-state index in [-0.39, 0.29) is 0 Å². The van der Waals surface area contributed by atoms with Crippen LogP contribution in [0.5, 0.6) is 0 Å². The fourth-order valence-electron chi connectivity index (χ4n) is 0.459. The van der Waals surface area contributed by atoms with Gasteiger partial charge in [-0.2, -0.15) is 0 Å². The molecule has 11 heavy (non-hydrogen) atoms. The van der Waals surface area contributed by atoms with Crippen molar-refractivity contribution in [1.82, 2.24) is 0 Å². The maximum Gasteiger partial charge on any atom is 0.332 e. The normalized spacial score (nSPS) is 12.9. The van der Waals surface area contributed by atoms with Crippen molar-refractivity contribution in [2.45, 2.75) is 13.3 Å². The third-order valence-electron chi connectivity index (χ3n) is 0.902. The summed E-state index contributed by atoms with van der Waals surface area (Å²) >= 11 is 0. The second-order valence-electron chi connectivity index (χ2n) is 1.73. The molecular weight excluding hydrogens is 163 g/mol. The molecule has 0 rings (SSSR count). The van der Waals surface area contributed by atoms with Crippen molar-refractivity contribution < 1.29 is 13.6 Å². The molecule has 0 aromatic heterocycles. The second kappa shape index (κ2) is 8.15. The summed E-state index contributed by atoms with van der Waals surface area (Å²) in [5.74, 6) is 0. The van der Waals surface area contributed by atoms with Crippen LogP contribution in [0.25, 0.3) is 0 Å². The monoisotopic (exact) mass is 178 g/mol. The summed E-state index contributed by atoms with van der Waals surface area (Å²) in [7, 11) is 0.461. The molecule has 0 heterocycles. The fraction of sp³-hybridized carbons (Fsp3) is 0.714. The maximum absolute atomic E-state index is 5.22. The standard InChI is InChI=1S/C7H15O3P/c1-4-6-7-10-11(8-3)9-5-2/h4H,1,5-7H2,2-3H3. The van der Waals surface area contributed by atoms with Crippen LogP contribution in [0.1, 0.15) is 13.3 Å². The Hall–Kier alpha value is 0.0500. The van der Waals surface area contributed by atoms with E-state index in [0.717, 1.165) is 6.42 Å². The lowest BCUT2D eigenvalue weighted by atomic mass is 10.5.